The van der Waals surface area contributed by atoms with Gasteiger partial charge in [0.15, 0.2) is 0 Å². The Morgan fingerprint density at radius 3 is 2.80 bits per heavy atom. The predicted octanol–water partition coefficient (Wildman–Crippen LogP) is 4.95. The molecule has 74 valence electrons. The molecule has 0 unspecified atom stereocenters. The van der Waals surface area contributed by atoms with E-state index in [0.29, 0.717) is 0 Å². The van der Waals surface area contributed by atoms with E-state index in [4.69, 9.17) is 4.42 Å². The number of fused-ring (bicyclic) bond motifs is 3. The van der Waals surface area contributed by atoms with Gasteiger partial charge in [-0.3, -0.25) is 0 Å². The van der Waals surface area contributed by atoms with Crippen molar-refractivity contribution in [2.24, 2.45) is 0 Å². The second-order valence-electron chi connectivity index (χ2n) is 3.36. The van der Waals surface area contributed by atoms with Crippen LogP contribution < -0.4 is 0 Å². The molecule has 0 aliphatic rings. The van der Waals surface area contributed by atoms with E-state index in [-0.39, 0.29) is 0 Å². The van der Waals surface area contributed by atoms with Gasteiger partial charge in [0.1, 0.15) is 11.2 Å². The first-order valence-corrected chi connectivity index (χ1v) is 6.39. The Kier molecular flexibility index (Phi) is 2.25. The van der Waals surface area contributed by atoms with E-state index in [1.54, 1.807) is 0 Å². The lowest BCUT2D eigenvalue weighted by molar-refractivity contribution is 0.667. The standard InChI is InChI=1S/C12H6BrIO/c13-10-3-1-2-8-9-6-7(14)4-5-11(9)15-12(8)10/h1-6H. The van der Waals surface area contributed by atoms with E-state index in [0.717, 1.165) is 21.0 Å². The van der Waals surface area contributed by atoms with Crippen LogP contribution >= 0.6 is 38.5 Å². The second-order valence-corrected chi connectivity index (χ2v) is 5.46. The third-order valence-corrected chi connectivity index (χ3v) is 3.71. The summed E-state index contributed by atoms with van der Waals surface area (Å²) in [5.41, 5.74) is 1.87. The van der Waals surface area contributed by atoms with Crippen LogP contribution in [0.2, 0.25) is 0 Å². The molecule has 15 heavy (non-hydrogen) atoms. The quantitative estimate of drug-likeness (QED) is 0.509. The van der Waals surface area contributed by atoms with Crippen LogP contribution in [0.25, 0.3) is 21.9 Å². The van der Waals surface area contributed by atoms with Gasteiger partial charge >= 0.3 is 0 Å². The van der Waals surface area contributed by atoms with E-state index < -0.39 is 0 Å². The molecule has 0 N–H and O–H groups in total. The molecule has 0 spiro atoms. The number of benzene rings is 2. The minimum atomic E-state index is 0.925. The maximum Gasteiger partial charge on any atom is 0.149 e. The molecule has 1 aromatic heterocycles. The molecule has 3 heteroatoms. The summed E-state index contributed by atoms with van der Waals surface area (Å²) in [7, 11) is 0. The number of halogens is 2. The van der Waals surface area contributed by atoms with Gasteiger partial charge in [0.05, 0.1) is 4.47 Å². The third kappa shape index (κ3) is 1.49. The van der Waals surface area contributed by atoms with Crippen LogP contribution in [0.5, 0.6) is 0 Å². The molecule has 0 amide bonds. The highest BCUT2D eigenvalue weighted by Gasteiger charge is 2.08. The summed E-state index contributed by atoms with van der Waals surface area (Å²) in [5, 5.41) is 2.34. The van der Waals surface area contributed by atoms with Gasteiger partial charge in [-0.2, -0.15) is 0 Å². The number of rotatable bonds is 0. The van der Waals surface area contributed by atoms with Crippen LogP contribution in [0, 0.1) is 3.57 Å². The number of furan rings is 1. The minimum Gasteiger partial charge on any atom is -0.455 e. The highest BCUT2D eigenvalue weighted by Crippen LogP contribution is 2.33. The minimum absolute atomic E-state index is 0.925. The summed E-state index contributed by atoms with van der Waals surface area (Å²) in [6, 6.07) is 12.3. The molecule has 1 heterocycles. The summed E-state index contributed by atoms with van der Waals surface area (Å²) in [4.78, 5) is 0. The molecule has 0 saturated heterocycles. The molecule has 1 nitrogen and oxygen atoms in total. The predicted molar refractivity (Wildman–Crippen MR) is 74.1 cm³/mol. The van der Waals surface area contributed by atoms with Crippen LogP contribution in [0.4, 0.5) is 0 Å². The van der Waals surface area contributed by atoms with E-state index in [2.05, 4.69) is 56.7 Å². The molecule has 0 radical (unpaired) electrons. The molecule has 0 bridgehead atoms. The van der Waals surface area contributed by atoms with Crippen molar-refractivity contribution in [2.75, 3.05) is 0 Å². The molecule has 2 aromatic carbocycles. The Morgan fingerprint density at radius 2 is 1.93 bits per heavy atom. The SMILES string of the molecule is Brc1cccc2c1oc1ccc(I)cc12. The van der Waals surface area contributed by atoms with Crippen molar-refractivity contribution >= 4 is 60.5 Å². The van der Waals surface area contributed by atoms with Gasteiger partial charge in [-0.05, 0) is 62.8 Å². The fourth-order valence-corrected chi connectivity index (χ4v) is 2.67. The highest BCUT2D eigenvalue weighted by atomic mass is 127. The summed E-state index contributed by atoms with van der Waals surface area (Å²) >= 11 is 5.81. The summed E-state index contributed by atoms with van der Waals surface area (Å²) in [6.45, 7) is 0. The van der Waals surface area contributed by atoms with Crippen LogP contribution in [0.1, 0.15) is 0 Å². The maximum absolute atomic E-state index is 5.79. The molecule has 0 saturated carbocycles. The first kappa shape index (κ1) is 9.66. The van der Waals surface area contributed by atoms with Crippen LogP contribution in [-0.4, -0.2) is 0 Å². The zero-order chi connectivity index (χ0) is 10.4. The van der Waals surface area contributed by atoms with Crippen molar-refractivity contribution in [1.29, 1.82) is 0 Å². The van der Waals surface area contributed by atoms with Crippen LogP contribution in [0.3, 0.4) is 0 Å². The van der Waals surface area contributed by atoms with Gasteiger partial charge < -0.3 is 4.42 Å². The Labute approximate surface area is 109 Å². The zero-order valence-corrected chi connectivity index (χ0v) is 11.4. The van der Waals surface area contributed by atoms with Crippen molar-refractivity contribution < 1.29 is 4.42 Å². The molecule has 0 aliphatic heterocycles. The maximum atomic E-state index is 5.79. The second kappa shape index (κ2) is 3.49. The van der Waals surface area contributed by atoms with E-state index >= 15 is 0 Å². The van der Waals surface area contributed by atoms with Crippen LogP contribution in [0.15, 0.2) is 45.3 Å². The topological polar surface area (TPSA) is 13.1 Å². The number of para-hydroxylation sites is 1. The molecule has 3 aromatic rings. The summed E-state index contributed by atoms with van der Waals surface area (Å²) < 4.78 is 8.02. The highest BCUT2D eigenvalue weighted by molar-refractivity contribution is 14.1. The Hall–Kier alpha value is -0.550. The van der Waals surface area contributed by atoms with Gasteiger partial charge in [-0.25, -0.2) is 0 Å². The lowest BCUT2D eigenvalue weighted by Gasteiger charge is -1.91. The summed E-state index contributed by atoms with van der Waals surface area (Å²) in [5.74, 6) is 0. The first-order valence-electron chi connectivity index (χ1n) is 4.52. The molecule has 0 atom stereocenters. The lowest BCUT2D eigenvalue weighted by atomic mass is 10.2. The van der Waals surface area contributed by atoms with Crippen LogP contribution in [-0.2, 0) is 0 Å². The smallest absolute Gasteiger partial charge is 0.149 e. The van der Waals surface area contributed by atoms with Crippen molar-refractivity contribution in [2.45, 2.75) is 0 Å². The fourth-order valence-electron chi connectivity index (χ4n) is 1.74. The van der Waals surface area contributed by atoms with Crippen molar-refractivity contribution in [1.82, 2.24) is 0 Å². The summed E-state index contributed by atoms with van der Waals surface area (Å²) in [6.07, 6.45) is 0. The Bertz CT molecular complexity index is 657. The van der Waals surface area contributed by atoms with Gasteiger partial charge in [0.2, 0.25) is 0 Å². The van der Waals surface area contributed by atoms with E-state index in [1.807, 2.05) is 18.2 Å². The van der Waals surface area contributed by atoms with Crippen molar-refractivity contribution in [3.8, 4) is 0 Å². The van der Waals surface area contributed by atoms with E-state index in [1.165, 1.54) is 8.96 Å². The molecule has 0 aliphatic carbocycles. The third-order valence-electron chi connectivity index (χ3n) is 2.41. The Balaban J connectivity index is 2.58. The van der Waals surface area contributed by atoms with Gasteiger partial charge in [0.25, 0.3) is 0 Å². The average Bonchev–Trinajstić information content (AvgIpc) is 2.58. The zero-order valence-electron chi connectivity index (χ0n) is 7.63. The van der Waals surface area contributed by atoms with Gasteiger partial charge in [-0.1, -0.05) is 12.1 Å². The first-order chi connectivity index (χ1) is 7.25. The fraction of sp³-hybridized carbons (Fsp3) is 0. The normalized spacial score (nSPS) is 11.3. The lowest BCUT2D eigenvalue weighted by Crippen LogP contribution is -1.69. The van der Waals surface area contributed by atoms with Gasteiger partial charge in [-0.15, -0.1) is 0 Å². The average molecular weight is 373 g/mol. The molecule has 0 fully saturated rings. The van der Waals surface area contributed by atoms with E-state index in [9.17, 15) is 0 Å². The van der Waals surface area contributed by atoms with Crippen molar-refractivity contribution in [3.05, 3.63) is 44.4 Å². The monoisotopic (exact) mass is 372 g/mol. The number of hydrogen-bond acceptors (Lipinski definition) is 1. The molecular weight excluding hydrogens is 367 g/mol. The Morgan fingerprint density at radius 1 is 1.07 bits per heavy atom. The largest absolute Gasteiger partial charge is 0.455 e. The van der Waals surface area contributed by atoms with Gasteiger partial charge in [0, 0.05) is 14.3 Å². The molecule has 3 rings (SSSR count). The van der Waals surface area contributed by atoms with Crippen molar-refractivity contribution in [3.63, 3.8) is 0 Å². The number of hydrogen-bond donors (Lipinski definition) is 0. The molecular formula is C12H6BrIO.